The second-order valence-electron chi connectivity index (χ2n) is 7.50. The number of aromatic nitrogens is 2. The highest BCUT2D eigenvalue weighted by Crippen LogP contribution is 2.24. The maximum atomic E-state index is 12.9. The second kappa shape index (κ2) is 9.18. The van der Waals surface area contributed by atoms with Crippen molar-refractivity contribution in [1.82, 2.24) is 19.9 Å². The summed E-state index contributed by atoms with van der Waals surface area (Å²) in [6.07, 6.45) is 0. The molecule has 1 fully saturated rings. The van der Waals surface area contributed by atoms with Gasteiger partial charge in [-0.1, -0.05) is 29.4 Å². The van der Waals surface area contributed by atoms with E-state index < -0.39 is 0 Å². The van der Waals surface area contributed by atoms with Gasteiger partial charge in [0.1, 0.15) is 11.5 Å². The van der Waals surface area contributed by atoms with Crippen molar-refractivity contribution < 1.29 is 18.8 Å². The molecule has 1 amide bonds. The molecular formula is C23H26N4O4. The molecule has 162 valence electrons. The van der Waals surface area contributed by atoms with E-state index in [0.29, 0.717) is 48.4 Å². The summed E-state index contributed by atoms with van der Waals surface area (Å²) in [4.78, 5) is 21.6. The van der Waals surface area contributed by atoms with Gasteiger partial charge in [-0.2, -0.15) is 4.98 Å². The van der Waals surface area contributed by atoms with Gasteiger partial charge in [0.05, 0.1) is 20.8 Å². The molecule has 1 saturated heterocycles. The summed E-state index contributed by atoms with van der Waals surface area (Å²) < 4.78 is 16.0. The molecule has 2 heterocycles. The molecule has 31 heavy (non-hydrogen) atoms. The Morgan fingerprint density at radius 3 is 2.35 bits per heavy atom. The lowest BCUT2D eigenvalue weighted by Gasteiger charge is -2.34. The third kappa shape index (κ3) is 4.69. The van der Waals surface area contributed by atoms with E-state index in [1.807, 2.05) is 36.1 Å². The van der Waals surface area contributed by atoms with Gasteiger partial charge < -0.3 is 18.9 Å². The maximum absolute atomic E-state index is 12.9. The van der Waals surface area contributed by atoms with Gasteiger partial charge in [-0.15, -0.1) is 0 Å². The lowest BCUT2D eigenvalue weighted by molar-refractivity contribution is 0.0614. The van der Waals surface area contributed by atoms with Gasteiger partial charge >= 0.3 is 0 Å². The van der Waals surface area contributed by atoms with Gasteiger partial charge in [0.15, 0.2) is 0 Å². The number of carbonyl (C=O) groups excluding carboxylic acids is 1. The summed E-state index contributed by atoms with van der Waals surface area (Å²) in [5, 5.41) is 4.13. The summed E-state index contributed by atoms with van der Waals surface area (Å²) in [5.74, 6) is 2.35. The molecule has 0 aliphatic carbocycles. The third-order valence-corrected chi connectivity index (χ3v) is 5.47. The van der Waals surface area contributed by atoms with Gasteiger partial charge in [-0.25, -0.2) is 0 Å². The number of nitrogens with zero attached hydrogens (tertiary/aromatic N) is 4. The van der Waals surface area contributed by atoms with E-state index in [4.69, 9.17) is 14.0 Å². The van der Waals surface area contributed by atoms with Crippen molar-refractivity contribution in [2.75, 3.05) is 40.4 Å². The normalized spacial score (nSPS) is 14.5. The lowest BCUT2D eigenvalue weighted by atomic mass is 10.1. The standard InChI is InChI=1S/C23H26N4O4/c1-16-6-4-5-7-20(16)22-24-21(31-25-22)15-26-8-10-27(11-9-26)23(28)17-12-18(29-2)14-19(13-17)30-3/h4-7,12-14H,8-11,15H2,1-3H3. The molecule has 0 atom stereocenters. The first-order chi connectivity index (χ1) is 15.1. The van der Waals surface area contributed by atoms with Crippen molar-refractivity contribution in [3.63, 3.8) is 0 Å². The van der Waals surface area contributed by atoms with Gasteiger partial charge in [0, 0.05) is 43.4 Å². The fraction of sp³-hybridized carbons (Fsp3) is 0.348. The van der Waals surface area contributed by atoms with E-state index in [1.165, 1.54) is 0 Å². The molecule has 0 saturated carbocycles. The highest BCUT2D eigenvalue weighted by atomic mass is 16.5. The van der Waals surface area contributed by atoms with Gasteiger partial charge in [0.2, 0.25) is 11.7 Å². The summed E-state index contributed by atoms with van der Waals surface area (Å²) in [6.45, 7) is 5.30. The highest BCUT2D eigenvalue weighted by Gasteiger charge is 2.24. The SMILES string of the molecule is COc1cc(OC)cc(C(=O)N2CCN(Cc3nc(-c4ccccc4C)no3)CC2)c1. The molecule has 0 bridgehead atoms. The average Bonchev–Trinajstić information content (AvgIpc) is 3.27. The minimum Gasteiger partial charge on any atom is -0.497 e. The van der Waals surface area contributed by atoms with E-state index >= 15 is 0 Å². The Kier molecular flexibility index (Phi) is 6.18. The zero-order chi connectivity index (χ0) is 21.8. The van der Waals surface area contributed by atoms with Crippen molar-refractivity contribution in [2.24, 2.45) is 0 Å². The van der Waals surface area contributed by atoms with Crippen LogP contribution in [-0.4, -0.2) is 66.2 Å². The van der Waals surface area contributed by atoms with Crippen LogP contribution in [0.4, 0.5) is 0 Å². The number of ether oxygens (including phenoxy) is 2. The Morgan fingerprint density at radius 2 is 1.71 bits per heavy atom. The molecule has 1 aliphatic heterocycles. The minimum absolute atomic E-state index is 0.0310. The van der Waals surface area contributed by atoms with E-state index in [9.17, 15) is 4.79 Å². The van der Waals surface area contributed by atoms with Crippen molar-refractivity contribution in [1.29, 1.82) is 0 Å². The quantitative estimate of drug-likeness (QED) is 0.604. The topological polar surface area (TPSA) is 80.9 Å². The van der Waals surface area contributed by atoms with Crippen LogP contribution in [0.2, 0.25) is 0 Å². The number of aryl methyl sites for hydroxylation is 1. The molecule has 8 heteroatoms. The number of carbonyl (C=O) groups is 1. The molecule has 8 nitrogen and oxygen atoms in total. The first kappa shape index (κ1) is 20.9. The average molecular weight is 422 g/mol. The lowest BCUT2D eigenvalue weighted by Crippen LogP contribution is -2.48. The predicted octanol–water partition coefficient (Wildman–Crippen LogP) is 3.02. The van der Waals surface area contributed by atoms with Crippen LogP contribution in [0.15, 0.2) is 47.0 Å². The Labute approximate surface area is 181 Å². The summed E-state index contributed by atoms with van der Waals surface area (Å²) in [6, 6.07) is 13.2. The highest BCUT2D eigenvalue weighted by molar-refractivity contribution is 5.95. The number of methoxy groups -OCH3 is 2. The number of piperazine rings is 1. The Bertz CT molecular complexity index is 1030. The van der Waals surface area contributed by atoms with Crippen LogP contribution >= 0.6 is 0 Å². The zero-order valence-corrected chi connectivity index (χ0v) is 18.0. The number of hydrogen-bond donors (Lipinski definition) is 0. The summed E-state index contributed by atoms with van der Waals surface area (Å²) in [5.41, 5.74) is 2.64. The molecular weight excluding hydrogens is 396 g/mol. The van der Waals surface area contributed by atoms with Crippen LogP contribution in [0.3, 0.4) is 0 Å². The van der Waals surface area contributed by atoms with Crippen molar-refractivity contribution >= 4 is 5.91 Å². The molecule has 3 aromatic rings. The zero-order valence-electron chi connectivity index (χ0n) is 18.0. The first-order valence-electron chi connectivity index (χ1n) is 10.2. The van der Waals surface area contributed by atoms with E-state index in [-0.39, 0.29) is 5.91 Å². The van der Waals surface area contributed by atoms with E-state index in [2.05, 4.69) is 15.0 Å². The molecule has 1 aromatic heterocycles. The van der Waals surface area contributed by atoms with Crippen LogP contribution in [0.5, 0.6) is 11.5 Å². The van der Waals surface area contributed by atoms with Gasteiger partial charge in [0.25, 0.3) is 5.91 Å². The second-order valence-corrected chi connectivity index (χ2v) is 7.50. The van der Waals surface area contributed by atoms with E-state index in [0.717, 1.165) is 24.2 Å². The van der Waals surface area contributed by atoms with Crippen molar-refractivity contribution in [3.05, 3.63) is 59.5 Å². The van der Waals surface area contributed by atoms with Crippen LogP contribution in [0.1, 0.15) is 21.8 Å². The van der Waals surface area contributed by atoms with Crippen LogP contribution in [0.25, 0.3) is 11.4 Å². The van der Waals surface area contributed by atoms with Gasteiger partial charge in [-0.05, 0) is 24.6 Å². The Hall–Kier alpha value is -3.39. The Morgan fingerprint density at radius 1 is 1.03 bits per heavy atom. The number of benzene rings is 2. The number of hydrogen-bond acceptors (Lipinski definition) is 7. The molecule has 2 aromatic carbocycles. The number of amides is 1. The maximum Gasteiger partial charge on any atom is 0.254 e. The fourth-order valence-electron chi connectivity index (χ4n) is 3.67. The largest absolute Gasteiger partial charge is 0.497 e. The van der Waals surface area contributed by atoms with Crippen LogP contribution in [0, 0.1) is 6.92 Å². The molecule has 0 unspecified atom stereocenters. The van der Waals surface area contributed by atoms with Gasteiger partial charge in [-0.3, -0.25) is 9.69 Å². The molecule has 0 radical (unpaired) electrons. The monoisotopic (exact) mass is 422 g/mol. The predicted molar refractivity (Wildman–Crippen MR) is 115 cm³/mol. The smallest absolute Gasteiger partial charge is 0.254 e. The van der Waals surface area contributed by atoms with E-state index in [1.54, 1.807) is 32.4 Å². The molecule has 1 aliphatic rings. The minimum atomic E-state index is -0.0310. The Balaban J connectivity index is 1.36. The van der Waals surface area contributed by atoms with Crippen molar-refractivity contribution in [3.8, 4) is 22.9 Å². The first-order valence-corrected chi connectivity index (χ1v) is 10.2. The fourth-order valence-corrected chi connectivity index (χ4v) is 3.67. The van der Waals surface area contributed by atoms with Crippen LogP contribution in [-0.2, 0) is 6.54 Å². The summed E-state index contributed by atoms with van der Waals surface area (Å²) in [7, 11) is 3.15. The number of rotatable bonds is 6. The molecule has 0 spiro atoms. The molecule has 4 rings (SSSR count). The van der Waals surface area contributed by atoms with Crippen molar-refractivity contribution in [2.45, 2.75) is 13.5 Å². The summed E-state index contributed by atoms with van der Waals surface area (Å²) >= 11 is 0. The third-order valence-electron chi connectivity index (χ3n) is 5.47. The van der Waals surface area contributed by atoms with Crippen LogP contribution < -0.4 is 9.47 Å². The molecule has 0 N–H and O–H groups in total.